The Morgan fingerprint density at radius 1 is 0.639 bits per heavy atom. The number of Topliss-reactive ketones (excluding diaryl/α,β-unsaturated/α-hetero) is 4. The van der Waals surface area contributed by atoms with E-state index in [9.17, 15) is 19.2 Å². The fourth-order valence-electron chi connectivity index (χ4n) is 4.76. The summed E-state index contributed by atoms with van der Waals surface area (Å²) >= 11 is 0. The summed E-state index contributed by atoms with van der Waals surface area (Å²) in [6.07, 6.45) is 0.626. The number of ketones is 4. The maximum atomic E-state index is 12.8. The summed E-state index contributed by atoms with van der Waals surface area (Å²) in [4.78, 5) is 57.2. The van der Waals surface area contributed by atoms with Crippen LogP contribution in [-0.4, -0.2) is 121 Å². The first-order chi connectivity index (χ1) is 17.0. The van der Waals surface area contributed by atoms with Gasteiger partial charge in [0.2, 0.25) is 0 Å². The predicted octanol–water partition coefficient (Wildman–Crippen LogP) is 1.48. The van der Waals surface area contributed by atoms with Crippen LogP contribution in [0.1, 0.15) is 38.8 Å². The Morgan fingerprint density at radius 2 is 1.00 bits per heavy atom. The molecule has 1 heterocycles. The highest BCUT2D eigenvalue weighted by atomic mass is 16.1. The third kappa shape index (κ3) is 11.2. The van der Waals surface area contributed by atoms with Crippen LogP contribution in [-0.2, 0) is 25.6 Å². The molecule has 1 unspecified atom stereocenters. The van der Waals surface area contributed by atoms with Crippen molar-refractivity contribution >= 4 is 23.1 Å². The molecule has 1 aliphatic rings. The number of nitrogens with zero attached hydrogens (tertiary/aromatic N) is 4. The van der Waals surface area contributed by atoms with E-state index >= 15 is 0 Å². The second kappa shape index (κ2) is 15.1. The summed E-state index contributed by atoms with van der Waals surface area (Å²) in [5.41, 5.74) is 2.30. The van der Waals surface area contributed by atoms with Gasteiger partial charge >= 0.3 is 0 Å². The smallest absolute Gasteiger partial charge is 0.147 e. The number of carbonyl (C=O) groups excluding carboxylic acids is 4. The molecule has 0 saturated carbocycles. The monoisotopic (exact) mass is 500 g/mol. The summed E-state index contributed by atoms with van der Waals surface area (Å²) in [6, 6.07) is 8.02. The predicted molar refractivity (Wildman–Crippen MR) is 142 cm³/mol. The zero-order chi connectivity index (χ0) is 26.7. The summed E-state index contributed by atoms with van der Waals surface area (Å²) < 4.78 is 0. The Morgan fingerprint density at radius 3 is 1.33 bits per heavy atom. The molecule has 8 heteroatoms. The molecule has 2 rings (SSSR count). The third-order valence-corrected chi connectivity index (χ3v) is 6.67. The first-order valence-corrected chi connectivity index (χ1v) is 13.0. The van der Waals surface area contributed by atoms with Crippen molar-refractivity contribution in [1.82, 2.24) is 19.6 Å². The van der Waals surface area contributed by atoms with E-state index < -0.39 is 0 Å². The van der Waals surface area contributed by atoms with Crippen LogP contribution in [0, 0.1) is 6.92 Å². The van der Waals surface area contributed by atoms with E-state index in [1.165, 1.54) is 5.56 Å². The van der Waals surface area contributed by atoms with E-state index in [2.05, 4.69) is 43.9 Å². The third-order valence-electron chi connectivity index (χ3n) is 6.67. The molecule has 1 aromatic carbocycles. The van der Waals surface area contributed by atoms with E-state index in [0.29, 0.717) is 78.4 Å². The molecule has 1 aromatic rings. The molecule has 0 amide bonds. The van der Waals surface area contributed by atoms with Gasteiger partial charge in [0.25, 0.3) is 0 Å². The van der Waals surface area contributed by atoms with Crippen molar-refractivity contribution in [3.8, 4) is 0 Å². The summed E-state index contributed by atoms with van der Waals surface area (Å²) in [5.74, 6) is 0.417. The van der Waals surface area contributed by atoms with Crippen molar-refractivity contribution in [2.24, 2.45) is 0 Å². The van der Waals surface area contributed by atoms with Gasteiger partial charge < -0.3 is 0 Å². The molecular formula is C28H44N4O4. The molecule has 1 saturated heterocycles. The fraction of sp³-hybridized carbons (Fsp3) is 0.643. The molecule has 0 radical (unpaired) electrons. The number of benzene rings is 1. The van der Waals surface area contributed by atoms with Gasteiger partial charge in [-0.15, -0.1) is 0 Å². The lowest BCUT2D eigenvalue weighted by Crippen LogP contribution is -2.51. The van der Waals surface area contributed by atoms with Gasteiger partial charge in [-0.1, -0.05) is 29.8 Å². The molecule has 1 aliphatic heterocycles. The fourth-order valence-corrected chi connectivity index (χ4v) is 4.76. The highest BCUT2D eigenvalue weighted by Crippen LogP contribution is 2.13. The average molecular weight is 501 g/mol. The Labute approximate surface area is 216 Å². The Kier molecular flexibility index (Phi) is 12.6. The standard InChI is InChI=1S/C28H44N4O4/c1-22-6-8-27(9-7-22)18-28(26(5)36)32-16-14-30(20-24(3)34)12-10-29(19-23(2)33)11-13-31(15-17-32)21-25(4)35/h6-9,28H,10-21H2,1-5H3. The van der Waals surface area contributed by atoms with Gasteiger partial charge in [0.15, 0.2) is 0 Å². The van der Waals surface area contributed by atoms with Gasteiger partial charge in [-0.05, 0) is 46.6 Å². The molecule has 1 atom stereocenters. The van der Waals surface area contributed by atoms with Crippen LogP contribution in [0.3, 0.4) is 0 Å². The number of rotatable bonds is 10. The Hall–Kier alpha value is -2.26. The molecule has 0 N–H and O–H groups in total. The van der Waals surface area contributed by atoms with Gasteiger partial charge in [0.05, 0.1) is 25.7 Å². The quantitative estimate of drug-likeness (QED) is 0.478. The Balaban J connectivity index is 2.28. The number of hydrogen-bond donors (Lipinski definition) is 0. The summed E-state index contributed by atoms with van der Waals surface area (Å²) in [5, 5.41) is 0. The van der Waals surface area contributed by atoms with Crippen molar-refractivity contribution in [3.05, 3.63) is 35.4 Å². The van der Waals surface area contributed by atoms with E-state index in [-0.39, 0.29) is 29.2 Å². The number of hydrogen-bond acceptors (Lipinski definition) is 8. The van der Waals surface area contributed by atoms with Gasteiger partial charge in [-0.3, -0.25) is 38.8 Å². The van der Waals surface area contributed by atoms with Crippen LogP contribution in [0.15, 0.2) is 24.3 Å². The van der Waals surface area contributed by atoms with Gasteiger partial charge in [0, 0.05) is 52.4 Å². The number of aryl methyl sites for hydroxylation is 1. The molecule has 0 bridgehead atoms. The molecular weight excluding hydrogens is 456 g/mol. The maximum absolute atomic E-state index is 12.8. The van der Waals surface area contributed by atoms with E-state index in [1.54, 1.807) is 27.7 Å². The van der Waals surface area contributed by atoms with E-state index in [4.69, 9.17) is 0 Å². The first kappa shape index (κ1) is 30.0. The van der Waals surface area contributed by atoms with Crippen molar-refractivity contribution in [2.45, 2.75) is 47.1 Å². The average Bonchev–Trinajstić information content (AvgIpc) is 2.78. The minimum atomic E-state index is -0.275. The second-order valence-corrected chi connectivity index (χ2v) is 10.3. The topological polar surface area (TPSA) is 81.2 Å². The maximum Gasteiger partial charge on any atom is 0.147 e. The lowest BCUT2D eigenvalue weighted by Gasteiger charge is -2.36. The summed E-state index contributed by atoms with van der Waals surface area (Å²) in [7, 11) is 0. The van der Waals surface area contributed by atoms with E-state index in [1.807, 2.05) is 6.92 Å². The van der Waals surface area contributed by atoms with Gasteiger partial charge in [-0.25, -0.2) is 0 Å². The normalized spacial score (nSPS) is 18.7. The van der Waals surface area contributed by atoms with Crippen molar-refractivity contribution in [3.63, 3.8) is 0 Å². The molecule has 8 nitrogen and oxygen atoms in total. The van der Waals surface area contributed by atoms with Crippen LogP contribution >= 0.6 is 0 Å². The zero-order valence-corrected chi connectivity index (χ0v) is 22.8. The van der Waals surface area contributed by atoms with Crippen LogP contribution < -0.4 is 0 Å². The number of carbonyl (C=O) groups is 4. The van der Waals surface area contributed by atoms with Crippen LogP contribution in [0.25, 0.3) is 0 Å². The lowest BCUT2D eigenvalue weighted by molar-refractivity contribution is -0.123. The molecule has 36 heavy (non-hydrogen) atoms. The summed E-state index contributed by atoms with van der Waals surface area (Å²) in [6.45, 7) is 14.8. The molecule has 0 spiro atoms. The van der Waals surface area contributed by atoms with Crippen LogP contribution in [0.4, 0.5) is 0 Å². The van der Waals surface area contributed by atoms with Gasteiger partial charge in [0.1, 0.15) is 23.1 Å². The largest absolute Gasteiger partial charge is 0.299 e. The highest BCUT2D eigenvalue weighted by molar-refractivity contribution is 5.82. The molecule has 0 aliphatic carbocycles. The molecule has 1 fully saturated rings. The minimum Gasteiger partial charge on any atom is -0.299 e. The Bertz CT molecular complexity index is 854. The van der Waals surface area contributed by atoms with E-state index in [0.717, 1.165) is 5.56 Å². The minimum absolute atomic E-state index is 0.0992. The van der Waals surface area contributed by atoms with Crippen molar-refractivity contribution in [2.75, 3.05) is 72.0 Å². The molecule has 200 valence electrons. The lowest BCUT2D eigenvalue weighted by atomic mass is 10.0. The van der Waals surface area contributed by atoms with Crippen LogP contribution in [0.2, 0.25) is 0 Å². The van der Waals surface area contributed by atoms with Crippen molar-refractivity contribution in [1.29, 1.82) is 0 Å². The second-order valence-electron chi connectivity index (χ2n) is 10.3. The SMILES string of the molecule is CC(=O)CN1CCN(CC(C)=O)CCN(C(Cc2ccc(C)cc2)C(C)=O)CCN(CC(C)=O)CC1. The highest BCUT2D eigenvalue weighted by Gasteiger charge is 2.26. The van der Waals surface area contributed by atoms with Gasteiger partial charge in [-0.2, -0.15) is 0 Å². The van der Waals surface area contributed by atoms with Crippen LogP contribution in [0.5, 0.6) is 0 Å². The first-order valence-electron chi connectivity index (χ1n) is 13.0. The zero-order valence-electron chi connectivity index (χ0n) is 22.8. The van der Waals surface area contributed by atoms with Crippen molar-refractivity contribution < 1.29 is 19.2 Å². The molecule has 0 aromatic heterocycles.